The first-order valence-corrected chi connectivity index (χ1v) is 6.73. The van der Waals surface area contributed by atoms with Gasteiger partial charge in [-0.05, 0) is 26.0 Å². The molecule has 1 unspecified atom stereocenters. The first-order valence-electron chi connectivity index (χ1n) is 6.73. The van der Waals surface area contributed by atoms with Gasteiger partial charge in [0.15, 0.2) is 0 Å². The quantitative estimate of drug-likeness (QED) is 0.914. The Kier molecular flexibility index (Phi) is 3.47. The minimum absolute atomic E-state index is 0.251. The fourth-order valence-electron chi connectivity index (χ4n) is 2.27. The van der Waals surface area contributed by atoms with E-state index in [1.54, 1.807) is 0 Å². The van der Waals surface area contributed by atoms with E-state index >= 15 is 0 Å². The van der Waals surface area contributed by atoms with Crippen LogP contribution >= 0.6 is 0 Å². The van der Waals surface area contributed by atoms with E-state index in [0.717, 1.165) is 30.8 Å². The van der Waals surface area contributed by atoms with Crippen LogP contribution in [0.3, 0.4) is 0 Å². The van der Waals surface area contributed by atoms with Crippen molar-refractivity contribution in [1.29, 1.82) is 0 Å². The van der Waals surface area contributed by atoms with Crippen molar-refractivity contribution < 1.29 is 4.74 Å². The van der Waals surface area contributed by atoms with Crippen LogP contribution in [-0.4, -0.2) is 24.2 Å². The number of hydrogen-bond donors (Lipinski definition) is 1. The Morgan fingerprint density at radius 1 is 1.16 bits per heavy atom. The monoisotopic (exact) mass is 254 g/mol. The molecule has 0 spiro atoms. The predicted octanol–water partition coefficient (Wildman–Crippen LogP) is 2.80. The lowest BCUT2D eigenvalue weighted by Crippen LogP contribution is -2.20. The van der Waals surface area contributed by atoms with E-state index in [-0.39, 0.29) is 6.10 Å². The first-order chi connectivity index (χ1) is 9.31. The number of nitrogens with zero attached hydrogens (tertiary/aromatic N) is 1. The highest BCUT2D eigenvalue weighted by Gasteiger charge is 2.16. The number of benzene rings is 1. The molecule has 3 nitrogen and oxygen atoms in total. The third-order valence-electron chi connectivity index (χ3n) is 3.37. The van der Waals surface area contributed by atoms with Gasteiger partial charge in [-0.3, -0.25) is 0 Å². The Morgan fingerprint density at radius 2 is 2.00 bits per heavy atom. The number of ether oxygens (including phenoxy) is 1. The fourth-order valence-corrected chi connectivity index (χ4v) is 2.27. The lowest BCUT2D eigenvalue weighted by atomic mass is 10.1. The molecular formula is C16H18N2O. The molecule has 2 aromatic rings. The van der Waals surface area contributed by atoms with Gasteiger partial charge in [0.2, 0.25) is 5.88 Å². The summed E-state index contributed by atoms with van der Waals surface area (Å²) in [6, 6.07) is 14.3. The second kappa shape index (κ2) is 5.41. The lowest BCUT2D eigenvalue weighted by Gasteiger charge is -2.12. The summed E-state index contributed by atoms with van der Waals surface area (Å²) in [5.41, 5.74) is 3.34. The second-order valence-electron chi connectivity index (χ2n) is 4.96. The molecule has 0 amide bonds. The van der Waals surface area contributed by atoms with Gasteiger partial charge in [-0.15, -0.1) is 0 Å². The van der Waals surface area contributed by atoms with E-state index < -0.39 is 0 Å². The molecule has 3 rings (SSSR count). The maximum absolute atomic E-state index is 5.89. The van der Waals surface area contributed by atoms with Crippen LogP contribution in [0, 0.1) is 6.92 Å². The Hall–Kier alpha value is -1.87. The number of aryl methyl sites for hydroxylation is 1. The van der Waals surface area contributed by atoms with Crippen LogP contribution in [0.15, 0.2) is 42.5 Å². The van der Waals surface area contributed by atoms with Gasteiger partial charge in [0.1, 0.15) is 6.10 Å². The summed E-state index contributed by atoms with van der Waals surface area (Å²) in [5.74, 6) is 0.715. The molecule has 1 aromatic heterocycles. The van der Waals surface area contributed by atoms with Crippen molar-refractivity contribution in [1.82, 2.24) is 10.3 Å². The molecule has 1 fully saturated rings. The molecular weight excluding hydrogens is 236 g/mol. The van der Waals surface area contributed by atoms with E-state index in [4.69, 9.17) is 4.74 Å². The van der Waals surface area contributed by atoms with Gasteiger partial charge in [0.05, 0.1) is 5.69 Å². The van der Waals surface area contributed by atoms with Crippen molar-refractivity contribution >= 4 is 0 Å². The van der Waals surface area contributed by atoms with E-state index in [1.807, 2.05) is 18.2 Å². The molecule has 98 valence electrons. The molecule has 0 bridgehead atoms. The number of nitrogens with one attached hydrogen (secondary N) is 1. The molecule has 1 aliphatic rings. The van der Waals surface area contributed by atoms with Crippen LogP contribution in [-0.2, 0) is 0 Å². The van der Waals surface area contributed by atoms with Gasteiger partial charge in [0, 0.05) is 18.2 Å². The highest BCUT2D eigenvalue weighted by Crippen LogP contribution is 2.21. The minimum atomic E-state index is 0.251. The topological polar surface area (TPSA) is 34.1 Å². The molecule has 0 saturated carbocycles. The zero-order valence-corrected chi connectivity index (χ0v) is 11.1. The maximum atomic E-state index is 5.89. The molecule has 1 N–H and O–H groups in total. The summed E-state index contributed by atoms with van der Waals surface area (Å²) in [4.78, 5) is 4.59. The summed E-state index contributed by atoms with van der Waals surface area (Å²) in [6.45, 7) is 4.03. The van der Waals surface area contributed by atoms with Crippen LogP contribution in [0.2, 0.25) is 0 Å². The third-order valence-corrected chi connectivity index (χ3v) is 3.37. The number of aromatic nitrogens is 1. The van der Waals surface area contributed by atoms with E-state index in [9.17, 15) is 0 Å². The molecule has 3 heteroatoms. The van der Waals surface area contributed by atoms with Crippen LogP contribution in [0.5, 0.6) is 5.88 Å². The molecule has 0 aliphatic carbocycles. The van der Waals surface area contributed by atoms with Gasteiger partial charge in [-0.25, -0.2) is 4.98 Å². The Labute approximate surface area is 113 Å². The van der Waals surface area contributed by atoms with Gasteiger partial charge in [-0.1, -0.05) is 35.9 Å². The van der Waals surface area contributed by atoms with Crippen molar-refractivity contribution in [2.45, 2.75) is 19.4 Å². The largest absolute Gasteiger partial charge is 0.473 e. The highest BCUT2D eigenvalue weighted by molar-refractivity contribution is 5.59. The van der Waals surface area contributed by atoms with E-state index in [2.05, 4.69) is 41.5 Å². The molecule has 1 aromatic carbocycles. The maximum Gasteiger partial charge on any atom is 0.214 e. The third kappa shape index (κ3) is 2.93. The van der Waals surface area contributed by atoms with Gasteiger partial charge in [-0.2, -0.15) is 0 Å². The van der Waals surface area contributed by atoms with E-state index in [1.165, 1.54) is 5.56 Å². The van der Waals surface area contributed by atoms with Crippen LogP contribution in [0.25, 0.3) is 11.3 Å². The normalized spacial score (nSPS) is 18.5. The standard InChI is InChI=1S/C16H18N2O/c1-12-5-7-13(8-6-12)15-3-2-4-16(18-15)19-14-9-10-17-11-14/h2-8,14,17H,9-11H2,1H3. The molecule has 1 saturated heterocycles. The zero-order valence-electron chi connectivity index (χ0n) is 11.1. The fraction of sp³-hybridized carbons (Fsp3) is 0.312. The predicted molar refractivity (Wildman–Crippen MR) is 76.3 cm³/mol. The van der Waals surface area contributed by atoms with Crippen LogP contribution in [0.1, 0.15) is 12.0 Å². The van der Waals surface area contributed by atoms with Crippen molar-refractivity contribution in [3.05, 3.63) is 48.0 Å². The molecule has 1 atom stereocenters. The Bertz CT molecular complexity index is 545. The molecule has 1 aliphatic heterocycles. The minimum Gasteiger partial charge on any atom is -0.473 e. The number of hydrogen-bond acceptors (Lipinski definition) is 3. The summed E-state index contributed by atoms with van der Waals surface area (Å²) < 4.78 is 5.89. The van der Waals surface area contributed by atoms with Crippen molar-refractivity contribution in [2.24, 2.45) is 0 Å². The molecule has 0 radical (unpaired) electrons. The summed E-state index contributed by atoms with van der Waals surface area (Å²) in [6.07, 6.45) is 1.30. The lowest BCUT2D eigenvalue weighted by molar-refractivity contribution is 0.214. The van der Waals surface area contributed by atoms with Crippen molar-refractivity contribution in [2.75, 3.05) is 13.1 Å². The average molecular weight is 254 g/mol. The zero-order chi connectivity index (χ0) is 13.1. The van der Waals surface area contributed by atoms with Gasteiger partial charge < -0.3 is 10.1 Å². The average Bonchev–Trinajstić information content (AvgIpc) is 2.93. The number of rotatable bonds is 3. The molecule has 2 heterocycles. The van der Waals surface area contributed by atoms with Crippen molar-refractivity contribution in [3.63, 3.8) is 0 Å². The molecule has 19 heavy (non-hydrogen) atoms. The van der Waals surface area contributed by atoms with Crippen LogP contribution < -0.4 is 10.1 Å². The number of pyridine rings is 1. The van der Waals surface area contributed by atoms with Gasteiger partial charge in [0.25, 0.3) is 0 Å². The summed E-state index contributed by atoms with van der Waals surface area (Å²) in [7, 11) is 0. The van der Waals surface area contributed by atoms with E-state index in [0.29, 0.717) is 5.88 Å². The highest BCUT2D eigenvalue weighted by atomic mass is 16.5. The Morgan fingerprint density at radius 3 is 2.74 bits per heavy atom. The smallest absolute Gasteiger partial charge is 0.214 e. The second-order valence-corrected chi connectivity index (χ2v) is 4.96. The SMILES string of the molecule is Cc1ccc(-c2cccc(OC3CCNC3)n2)cc1. The summed E-state index contributed by atoms with van der Waals surface area (Å²) in [5, 5.41) is 3.29. The van der Waals surface area contributed by atoms with Crippen molar-refractivity contribution in [3.8, 4) is 17.1 Å². The van der Waals surface area contributed by atoms with Crippen LogP contribution in [0.4, 0.5) is 0 Å². The van der Waals surface area contributed by atoms with Gasteiger partial charge >= 0.3 is 0 Å². The Balaban J connectivity index is 1.80. The first kappa shape index (κ1) is 12.2. The summed E-state index contributed by atoms with van der Waals surface area (Å²) >= 11 is 0.